The molecule has 23 heavy (non-hydrogen) atoms. The zero-order chi connectivity index (χ0) is 16.9. The van der Waals surface area contributed by atoms with Gasteiger partial charge in [0.25, 0.3) is 5.91 Å². The van der Waals surface area contributed by atoms with Crippen LogP contribution >= 0.6 is 11.6 Å². The highest BCUT2D eigenvalue weighted by Crippen LogP contribution is 2.14. The first-order valence-corrected chi connectivity index (χ1v) is 9.46. The summed E-state index contributed by atoms with van der Waals surface area (Å²) in [6.45, 7) is 4.56. The van der Waals surface area contributed by atoms with Gasteiger partial charge in [-0.25, -0.2) is 18.4 Å². The first kappa shape index (κ1) is 18.1. The molecule has 128 valence electrons. The van der Waals surface area contributed by atoms with Crippen molar-refractivity contribution in [3.8, 4) is 0 Å². The molecule has 1 aromatic heterocycles. The van der Waals surface area contributed by atoms with Crippen molar-refractivity contribution < 1.29 is 17.9 Å². The summed E-state index contributed by atoms with van der Waals surface area (Å²) in [5, 5.41) is 2.29. The quantitative estimate of drug-likeness (QED) is 0.560. The van der Waals surface area contributed by atoms with Gasteiger partial charge in [0, 0.05) is 25.9 Å². The number of carbonyl (C=O) groups excluding carboxylic acids is 1. The molecule has 1 aromatic rings. The van der Waals surface area contributed by atoms with Crippen LogP contribution in [-0.4, -0.2) is 74.8 Å². The number of halogens is 1. The Hall–Kier alpha value is -1.29. The monoisotopic (exact) mass is 362 g/mol. The molecule has 0 atom stereocenters. The van der Waals surface area contributed by atoms with E-state index >= 15 is 0 Å². The lowest BCUT2D eigenvalue weighted by Crippen LogP contribution is -2.38. The highest BCUT2D eigenvalue weighted by molar-refractivity contribution is 7.90. The summed E-state index contributed by atoms with van der Waals surface area (Å²) in [5.41, 5.74) is -0.131. The van der Waals surface area contributed by atoms with Crippen LogP contribution in [0.1, 0.15) is 16.9 Å². The van der Waals surface area contributed by atoms with E-state index in [1.165, 1.54) is 0 Å². The standard InChI is InChI=1S/C13H19ClN4O4S/c1-23(20,21)13-16-9-10(14)11(17-13)12(19)15-3-2-4-18-5-7-22-8-6-18/h9H,2-8H2,1H3,(H,15,19). The summed E-state index contributed by atoms with van der Waals surface area (Å²) in [4.78, 5) is 21.7. The minimum Gasteiger partial charge on any atom is -0.379 e. The Bertz CT molecular complexity index is 662. The number of sulfone groups is 1. The molecule has 0 radical (unpaired) electrons. The van der Waals surface area contributed by atoms with Crippen LogP contribution in [-0.2, 0) is 14.6 Å². The van der Waals surface area contributed by atoms with Crippen molar-refractivity contribution >= 4 is 27.3 Å². The first-order chi connectivity index (χ1) is 10.9. The van der Waals surface area contributed by atoms with E-state index in [0.717, 1.165) is 51.7 Å². The van der Waals surface area contributed by atoms with E-state index in [-0.39, 0.29) is 10.7 Å². The Labute approximate surface area is 140 Å². The van der Waals surface area contributed by atoms with E-state index < -0.39 is 20.9 Å². The molecule has 2 heterocycles. The van der Waals surface area contributed by atoms with Gasteiger partial charge in [0.2, 0.25) is 15.0 Å². The van der Waals surface area contributed by atoms with Crippen LogP contribution in [0.4, 0.5) is 0 Å². The predicted molar refractivity (Wildman–Crippen MR) is 84.4 cm³/mol. The van der Waals surface area contributed by atoms with E-state index in [9.17, 15) is 13.2 Å². The zero-order valence-electron chi connectivity index (χ0n) is 12.8. The number of amides is 1. The average Bonchev–Trinajstić information content (AvgIpc) is 2.51. The van der Waals surface area contributed by atoms with E-state index in [1.54, 1.807) is 0 Å². The van der Waals surface area contributed by atoms with Gasteiger partial charge in [-0.05, 0) is 13.0 Å². The van der Waals surface area contributed by atoms with E-state index in [0.29, 0.717) is 6.54 Å². The van der Waals surface area contributed by atoms with Gasteiger partial charge in [-0.1, -0.05) is 11.6 Å². The lowest BCUT2D eigenvalue weighted by Gasteiger charge is -2.26. The number of morpholine rings is 1. The molecule has 0 spiro atoms. The number of nitrogens with one attached hydrogen (secondary N) is 1. The molecule has 1 N–H and O–H groups in total. The highest BCUT2D eigenvalue weighted by Gasteiger charge is 2.18. The van der Waals surface area contributed by atoms with E-state index in [1.807, 2.05) is 0 Å². The summed E-state index contributed by atoms with van der Waals surface area (Å²) >= 11 is 5.87. The van der Waals surface area contributed by atoms with Crippen LogP contribution in [0, 0.1) is 0 Å². The third-order valence-electron chi connectivity index (χ3n) is 3.31. The second kappa shape index (κ2) is 8.00. The molecule has 0 aromatic carbocycles. The molecule has 2 rings (SSSR count). The topological polar surface area (TPSA) is 101 Å². The second-order valence-corrected chi connectivity index (χ2v) is 7.50. The van der Waals surface area contributed by atoms with Gasteiger partial charge in [-0.2, -0.15) is 0 Å². The molecule has 1 amide bonds. The fourth-order valence-electron chi connectivity index (χ4n) is 2.10. The number of aromatic nitrogens is 2. The molecule has 0 unspecified atom stereocenters. The van der Waals surface area contributed by atoms with E-state index in [2.05, 4.69) is 20.2 Å². The maximum atomic E-state index is 12.1. The van der Waals surface area contributed by atoms with Gasteiger partial charge in [0.1, 0.15) is 0 Å². The van der Waals surface area contributed by atoms with Gasteiger partial charge in [0.15, 0.2) is 5.69 Å². The number of hydrogen-bond acceptors (Lipinski definition) is 7. The Balaban J connectivity index is 1.87. The number of rotatable bonds is 6. The summed E-state index contributed by atoms with van der Waals surface area (Å²) in [5.74, 6) is -0.510. The smallest absolute Gasteiger partial charge is 0.271 e. The van der Waals surface area contributed by atoms with E-state index in [4.69, 9.17) is 16.3 Å². The summed E-state index contributed by atoms with van der Waals surface area (Å²) in [7, 11) is -3.59. The van der Waals surface area contributed by atoms with Crippen molar-refractivity contribution in [2.24, 2.45) is 0 Å². The van der Waals surface area contributed by atoms with Crippen LogP contribution in [0.3, 0.4) is 0 Å². The molecule has 0 saturated carbocycles. The molecular weight excluding hydrogens is 344 g/mol. The normalized spacial score (nSPS) is 16.3. The fourth-order valence-corrected chi connectivity index (χ4v) is 2.78. The van der Waals surface area contributed by atoms with Crippen molar-refractivity contribution in [1.29, 1.82) is 0 Å². The molecule has 0 aliphatic carbocycles. The highest BCUT2D eigenvalue weighted by atomic mass is 35.5. The molecule has 1 aliphatic rings. The lowest BCUT2D eigenvalue weighted by atomic mass is 10.3. The molecule has 1 saturated heterocycles. The van der Waals surface area contributed by atoms with Crippen LogP contribution in [0.5, 0.6) is 0 Å². The van der Waals surface area contributed by atoms with Gasteiger partial charge in [0.05, 0.1) is 24.4 Å². The molecule has 0 bridgehead atoms. The molecule has 10 heteroatoms. The molecule has 8 nitrogen and oxygen atoms in total. The maximum absolute atomic E-state index is 12.1. The Morgan fingerprint density at radius 2 is 2.13 bits per heavy atom. The zero-order valence-corrected chi connectivity index (χ0v) is 14.4. The van der Waals surface area contributed by atoms with Gasteiger partial charge in [-0.15, -0.1) is 0 Å². The van der Waals surface area contributed by atoms with Crippen LogP contribution in [0.25, 0.3) is 0 Å². The average molecular weight is 363 g/mol. The Morgan fingerprint density at radius 1 is 1.43 bits per heavy atom. The third-order valence-corrected chi connectivity index (χ3v) is 4.45. The summed E-state index contributed by atoms with van der Waals surface area (Å²) < 4.78 is 28.1. The predicted octanol–water partition coefficient (Wildman–Crippen LogP) is -0.0144. The summed E-state index contributed by atoms with van der Waals surface area (Å²) in [6.07, 6.45) is 2.86. The molecule has 1 fully saturated rings. The SMILES string of the molecule is CS(=O)(=O)c1ncc(Cl)c(C(=O)NCCCN2CCOCC2)n1. The second-order valence-electron chi connectivity index (χ2n) is 5.18. The number of ether oxygens (including phenoxy) is 1. The molecular formula is C13H19ClN4O4S. The fraction of sp³-hybridized carbons (Fsp3) is 0.615. The third kappa shape index (κ3) is 5.38. The summed E-state index contributed by atoms with van der Waals surface area (Å²) in [6, 6.07) is 0. The van der Waals surface area contributed by atoms with Crippen molar-refractivity contribution in [3.05, 3.63) is 16.9 Å². The maximum Gasteiger partial charge on any atom is 0.271 e. The van der Waals surface area contributed by atoms with Crippen LogP contribution in [0.2, 0.25) is 5.02 Å². The number of nitrogens with zero attached hydrogens (tertiary/aromatic N) is 3. The van der Waals surface area contributed by atoms with Gasteiger partial charge in [-0.3, -0.25) is 9.69 Å². The van der Waals surface area contributed by atoms with Crippen molar-refractivity contribution in [1.82, 2.24) is 20.2 Å². The van der Waals surface area contributed by atoms with Gasteiger partial charge < -0.3 is 10.1 Å². The minimum absolute atomic E-state index is 0.0167. The lowest BCUT2D eigenvalue weighted by molar-refractivity contribution is 0.0374. The van der Waals surface area contributed by atoms with Gasteiger partial charge >= 0.3 is 0 Å². The largest absolute Gasteiger partial charge is 0.379 e. The Kier molecular flexibility index (Phi) is 6.28. The number of carbonyl (C=O) groups is 1. The molecule has 1 aliphatic heterocycles. The van der Waals surface area contributed by atoms with Crippen LogP contribution < -0.4 is 5.32 Å². The first-order valence-electron chi connectivity index (χ1n) is 7.19. The van der Waals surface area contributed by atoms with Crippen LogP contribution in [0.15, 0.2) is 11.4 Å². The Morgan fingerprint density at radius 3 is 2.78 bits per heavy atom. The van der Waals surface area contributed by atoms with Crippen molar-refractivity contribution in [2.45, 2.75) is 11.6 Å². The minimum atomic E-state index is -3.59. The van der Waals surface area contributed by atoms with Crippen molar-refractivity contribution in [3.63, 3.8) is 0 Å². The van der Waals surface area contributed by atoms with Crippen molar-refractivity contribution in [2.75, 3.05) is 45.6 Å². The number of hydrogen-bond donors (Lipinski definition) is 1.